The molecule has 0 bridgehead atoms. The minimum Gasteiger partial charge on any atom is -0.478 e. The number of nitrogens with two attached hydrogens (primary N) is 1. The molecule has 3 N–H and O–H groups in total. The van der Waals surface area contributed by atoms with Crippen molar-refractivity contribution in [3.63, 3.8) is 0 Å². The molecule has 6 rings (SSSR count). The molecule has 2 aliphatic heterocycles. The molecule has 0 spiro atoms. The zero-order valence-corrected chi connectivity index (χ0v) is 23.3. The maximum atomic E-state index is 12.4. The van der Waals surface area contributed by atoms with Crippen molar-refractivity contribution in [2.75, 3.05) is 30.3 Å². The third-order valence-corrected chi connectivity index (χ3v) is 7.82. The van der Waals surface area contributed by atoms with Gasteiger partial charge in [0.1, 0.15) is 0 Å². The molecule has 218 valence electrons. The summed E-state index contributed by atoms with van der Waals surface area (Å²) in [5.41, 5.74) is 12.5. The summed E-state index contributed by atoms with van der Waals surface area (Å²) in [7, 11) is 0. The van der Waals surface area contributed by atoms with Crippen LogP contribution in [0.3, 0.4) is 0 Å². The molecule has 8 heteroatoms. The fourth-order valence-corrected chi connectivity index (χ4v) is 5.57. The Morgan fingerprint density at radius 2 is 1.52 bits per heavy atom. The van der Waals surface area contributed by atoms with Gasteiger partial charge in [0, 0.05) is 44.1 Å². The third kappa shape index (κ3) is 7.12. The van der Waals surface area contributed by atoms with Crippen LogP contribution in [-0.4, -0.2) is 35.6 Å². The predicted molar refractivity (Wildman–Crippen MR) is 160 cm³/mol. The highest BCUT2D eigenvalue weighted by molar-refractivity contribution is 5.96. The second kappa shape index (κ2) is 12.7. The van der Waals surface area contributed by atoms with Gasteiger partial charge in [0.05, 0.1) is 11.1 Å². The summed E-state index contributed by atoms with van der Waals surface area (Å²) in [4.78, 5) is 16.1. The highest BCUT2D eigenvalue weighted by atomic mass is 19.4. The van der Waals surface area contributed by atoms with Gasteiger partial charge in [0.15, 0.2) is 0 Å². The number of aromatic carboxylic acids is 1. The van der Waals surface area contributed by atoms with E-state index < -0.39 is 17.7 Å². The molecule has 0 amide bonds. The topological polar surface area (TPSA) is 69.8 Å². The number of benzene rings is 4. The molecule has 0 radical (unpaired) electrons. The molecular formula is C34H34F3N3O2. The number of nitrogens with zero attached hydrogens (tertiary/aromatic N) is 2. The molecule has 1 fully saturated rings. The summed E-state index contributed by atoms with van der Waals surface area (Å²) in [6, 6.07) is 26.1. The second-order valence-corrected chi connectivity index (χ2v) is 10.8. The monoisotopic (exact) mass is 573 g/mol. The van der Waals surface area contributed by atoms with E-state index in [1.54, 1.807) is 18.2 Å². The van der Waals surface area contributed by atoms with Gasteiger partial charge in [-0.1, -0.05) is 48.5 Å². The zero-order chi connectivity index (χ0) is 29.7. The lowest BCUT2D eigenvalue weighted by molar-refractivity contribution is -0.137. The van der Waals surface area contributed by atoms with Crippen molar-refractivity contribution in [3.05, 3.63) is 119 Å². The van der Waals surface area contributed by atoms with Crippen molar-refractivity contribution in [1.29, 1.82) is 0 Å². The lowest BCUT2D eigenvalue weighted by Gasteiger charge is -2.29. The van der Waals surface area contributed by atoms with Crippen LogP contribution in [0.2, 0.25) is 0 Å². The Morgan fingerprint density at radius 3 is 2.19 bits per heavy atom. The summed E-state index contributed by atoms with van der Waals surface area (Å²) >= 11 is 0. The van der Waals surface area contributed by atoms with Gasteiger partial charge in [-0.25, -0.2) is 4.79 Å². The van der Waals surface area contributed by atoms with Crippen LogP contribution in [0.25, 0.3) is 11.1 Å². The van der Waals surface area contributed by atoms with Crippen LogP contribution < -0.4 is 10.6 Å². The molecule has 0 unspecified atom stereocenters. The first-order valence-electron chi connectivity index (χ1n) is 14.1. The average molecular weight is 574 g/mol. The normalized spacial score (nSPS) is 15.1. The molecule has 42 heavy (non-hydrogen) atoms. The number of carboxylic acid groups (broad SMARTS) is 1. The Hall–Kier alpha value is -4.30. The molecular weight excluding hydrogens is 539 g/mol. The van der Waals surface area contributed by atoms with E-state index in [1.807, 2.05) is 6.07 Å². The van der Waals surface area contributed by atoms with Gasteiger partial charge in [-0.3, -0.25) is 4.90 Å². The van der Waals surface area contributed by atoms with Crippen molar-refractivity contribution >= 4 is 17.3 Å². The number of nitrogen functional groups attached to an aromatic ring is 1. The molecule has 5 nitrogen and oxygen atoms in total. The Bertz CT molecular complexity index is 1510. The Labute approximate surface area is 244 Å². The number of halogens is 3. The Balaban J connectivity index is 0.000000172. The molecule has 2 heterocycles. The first-order valence-corrected chi connectivity index (χ1v) is 14.1. The maximum absolute atomic E-state index is 12.4. The molecule has 0 aliphatic carbocycles. The first-order chi connectivity index (χ1) is 20.2. The summed E-state index contributed by atoms with van der Waals surface area (Å²) in [6.45, 7) is 5.61. The molecule has 2 aliphatic rings. The fraction of sp³-hybridized carbons (Fsp3) is 0.265. The zero-order valence-electron chi connectivity index (χ0n) is 23.3. The van der Waals surface area contributed by atoms with E-state index in [2.05, 4.69) is 46.2 Å². The number of fused-ring (bicyclic) bond motifs is 1. The van der Waals surface area contributed by atoms with Crippen LogP contribution in [0, 0.1) is 0 Å². The number of rotatable bonds is 5. The number of anilines is 2. The second-order valence-electron chi connectivity index (χ2n) is 10.8. The predicted octanol–water partition coefficient (Wildman–Crippen LogP) is 7.50. The fourth-order valence-electron chi connectivity index (χ4n) is 5.57. The molecule has 4 aromatic rings. The third-order valence-electron chi connectivity index (χ3n) is 7.82. The quantitative estimate of drug-likeness (QED) is 0.242. The summed E-state index contributed by atoms with van der Waals surface area (Å²) in [6.07, 6.45) is -0.629. The lowest BCUT2D eigenvalue weighted by Crippen LogP contribution is -2.30. The van der Waals surface area contributed by atoms with Crippen molar-refractivity contribution in [2.45, 2.75) is 38.5 Å². The smallest absolute Gasteiger partial charge is 0.416 e. The van der Waals surface area contributed by atoms with Crippen LogP contribution in [0.5, 0.6) is 0 Å². The van der Waals surface area contributed by atoms with Crippen LogP contribution >= 0.6 is 0 Å². The van der Waals surface area contributed by atoms with Gasteiger partial charge in [-0.2, -0.15) is 13.2 Å². The molecule has 0 atom stereocenters. The van der Waals surface area contributed by atoms with Gasteiger partial charge in [-0.15, -0.1) is 0 Å². The Kier molecular flexibility index (Phi) is 8.83. The van der Waals surface area contributed by atoms with Gasteiger partial charge in [0.2, 0.25) is 0 Å². The molecule has 4 aromatic carbocycles. The van der Waals surface area contributed by atoms with E-state index in [0.717, 1.165) is 43.9 Å². The first kappa shape index (κ1) is 29.2. The van der Waals surface area contributed by atoms with Gasteiger partial charge in [0.25, 0.3) is 0 Å². The van der Waals surface area contributed by atoms with Crippen molar-refractivity contribution in [1.82, 2.24) is 4.90 Å². The number of alkyl halides is 3. The van der Waals surface area contributed by atoms with E-state index in [1.165, 1.54) is 66.5 Å². The molecule has 0 aromatic heterocycles. The number of carbonyl (C=O) groups is 1. The lowest BCUT2D eigenvalue weighted by atomic mass is 9.98. The van der Waals surface area contributed by atoms with E-state index in [0.29, 0.717) is 11.1 Å². The number of hydrogen-bond acceptors (Lipinski definition) is 4. The van der Waals surface area contributed by atoms with Crippen LogP contribution in [0.1, 0.15) is 45.5 Å². The van der Waals surface area contributed by atoms with E-state index in [4.69, 9.17) is 10.8 Å². The van der Waals surface area contributed by atoms with E-state index in [-0.39, 0.29) is 5.56 Å². The van der Waals surface area contributed by atoms with Crippen molar-refractivity contribution in [3.8, 4) is 11.1 Å². The van der Waals surface area contributed by atoms with E-state index in [9.17, 15) is 18.0 Å². The highest BCUT2D eigenvalue weighted by Crippen LogP contribution is 2.32. The molecule has 0 saturated carbocycles. The Morgan fingerprint density at radius 1 is 0.833 bits per heavy atom. The van der Waals surface area contributed by atoms with Gasteiger partial charge >= 0.3 is 12.1 Å². The summed E-state index contributed by atoms with van der Waals surface area (Å²) in [5, 5.41) is 9.03. The van der Waals surface area contributed by atoms with E-state index >= 15 is 0 Å². The standard InChI is InChI=1S/C20H25N3.C14H9F3O2/c21-19-6-5-18-15-22(12-9-17(18)13-19)14-16-3-7-20(8-4-16)23-10-1-2-11-23;15-14(16,17)10-7-5-9(6-8-10)11-3-1-2-4-12(11)13(18)19/h3-8,13H,1-2,9-12,14-15,21H2;1-8H,(H,18,19). The largest absolute Gasteiger partial charge is 0.478 e. The minimum atomic E-state index is -4.40. The van der Waals surface area contributed by atoms with Crippen molar-refractivity contribution < 1.29 is 23.1 Å². The molecule has 1 saturated heterocycles. The SMILES string of the molecule is Nc1ccc2c(c1)CCN(Cc1ccc(N3CCCC3)cc1)C2.O=C(O)c1ccccc1-c1ccc(C(F)(F)F)cc1. The average Bonchev–Trinajstić information content (AvgIpc) is 3.53. The van der Waals surface area contributed by atoms with Crippen LogP contribution in [-0.2, 0) is 25.7 Å². The summed E-state index contributed by atoms with van der Waals surface area (Å²) in [5.74, 6) is -1.12. The van der Waals surface area contributed by atoms with Gasteiger partial charge < -0.3 is 15.7 Å². The number of hydrogen-bond donors (Lipinski definition) is 2. The minimum absolute atomic E-state index is 0.0576. The van der Waals surface area contributed by atoms with Gasteiger partial charge in [-0.05, 0) is 89.5 Å². The number of carboxylic acids is 1. The van der Waals surface area contributed by atoms with Crippen LogP contribution in [0.4, 0.5) is 24.5 Å². The highest BCUT2D eigenvalue weighted by Gasteiger charge is 2.30. The van der Waals surface area contributed by atoms with Crippen LogP contribution in [0.15, 0.2) is 91.0 Å². The van der Waals surface area contributed by atoms with Crippen molar-refractivity contribution in [2.24, 2.45) is 0 Å². The summed E-state index contributed by atoms with van der Waals surface area (Å²) < 4.78 is 37.3. The maximum Gasteiger partial charge on any atom is 0.416 e.